The Labute approximate surface area is 250 Å². The van der Waals surface area contributed by atoms with Crippen LogP contribution in [0.2, 0.25) is 0 Å². The van der Waals surface area contributed by atoms with E-state index < -0.39 is 11.6 Å². The Bertz CT molecular complexity index is 2500. The van der Waals surface area contributed by atoms with Gasteiger partial charge in [-0.05, 0) is 59.3 Å². The molecule has 208 valence electrons. The first-order valence-electron chi connectivity index (χ1n) is 14.5. The summed E-state index contributed by atoms with van der Waals surface area (Å²) in [5.74, 6) is -0.667. The lowest BCUT2D eigenvalue weighted by atomic mass is 10.00. The Balaban J connectivity index is 1.34. The minimum Gasteiger partial charge on any atom is -0.309 e. The third-order valence-electron chi connectivity index (χ3n) is 8.60. The van der Waals surface area contributed by atoms with E-state index in [9.17, 15) is 8.78 Å². The first-order chi connectivity index (χ1) is 21.7. The zero-order chi connectivity index (χ0) is 29.4. The highest BCUT2D eigenvalue weighted by Crippen LogP contribution is 2.40. The second-order valence-electron chi connectivity index (χ2n) is 11.1. The number of para-hydroxylation sites is 2. The lowest BCUT2D eigenvalue weighted by Crippen LogP contribution is -2.00. The molecule has 0 unspecified atom stereocenters. The van der Waals surface area contributed by atoms with E-state index in [0.29, 0.717) is 11.5 Å². The molecule has 0 amide bonds. The smallest absolute Gasteiger partial charge is 0.145 e. The van der Waals surface area contributed by atoms with E-state index in [1.54, 1.807) is 0 Å². The first kappa shape index (κ1) is 24.8. The van der Waals surface area contributed by atoms with Crippen LogP contribution < -0.4 is 0 Å². The minimum absolute atomic E-state index is 0.381. The van der Waals surface area contributed by atoms with Crippen molar-refractivity contribution in [2.45, 2.75) is 0 Å². The Hall–Kier alpha value is -5.81. The molecule has 9 rings (SSSR count). The Morgan fingerprint density at radius 1 is 0.432 bits per heavy atom. The van der Waals surface area contributed by atoms with Crippen molar-refractivity contribution < 1.29 is 8.78 Å². The summed E-state index contributed by atoms with van der Waals surface area (Å²) in [5.41, 5.74) is 6.08. The molecule has 0 aliphatic rings. The lowest BCUT2D eigenvalue weighted by molar-refractivity contribution is 0.582. The standard InChI is InChI=1S/C39H23F2N3/c40-25-21-26(41)23-28(22-25)44-38-34-14-4-2-10-30(34)29-9-1-3-13-33(29)37(38)42-39(44)24-17-19-27(20-18-24)43-35-15-7-5-11-31(35)32-12-6-8-16-36(32)43/h1-23H. The van der Waals surface area contributed by atoms with Gasteiger partial charge < -0.3 is 4.57 Å². The fourth-order valence-electron chi connectivity index (χ4n) is 6.78. The quantitative estimate of drug-likeness (QED) is 0.194. The SMILES string of the molecule is Fc1cc(F)cc(-n2c(-c3ccc(-n4c5ccccc5c5ccccc54)cc3)nc3c4ccccc4c4ccccc4c32)c1. The number of halogens is 2. The summed E-state index contributed by atoms with van der Waals surface area (Å²) < 4.78 is 33.6. The Morgan fingerprint density at radius 2 is 0.932 bits per heavy atom. The zero-order valence-electron chi connectivity index (χ0n) is 23.4. The van der Waals surface area contributed by atoms with Crippen molar-refractivity contribution in [2.24, 2.45) is 0 Å². The molecular weight excluding hydrogens is 548 g/mol. The molecule has 0 saturated carbocycles. The van der Waals surface area contributed by atoms with E-state index in [1.165, 1.54) is 22.9 Å². The molecule has 0 aliphatic carbocycles. The van der Waals surface area contributed by atoms with Crippen LogP contribution in [0, 0.1) is 11.6 Å². The summed E-state index contributed by atoms with van der Waals surface area (Å²) in [5, 5.41) is 6.48. The number of imidazole rings is 1. The van der Waals surface area contributed by atoms with E-state index in [0.717, 1.165) is 60.9 Å². The van der Waals surface area contributed by atoms with Crippen LogP contribution in [0.4, 0.5) is 8.78 Å². The predicted octanol–water partition coefficient (Wildman–Crippen LogP) is 10.4. The third kappa shape index (κ3) is 3.56. The molecule has 0 spiro atoms. The maximum atomic E-state index is 14.7. The summed E-state index contributed by atoms with van der Waals surface area (Å²) in [6.07, 6.45) is 0. The van der Waals surface area contributed by atoms with E-state index >= 15 is 0 Å². The molecule has 3 nitrogen and oxygen atoms in total. The van der Waals surface area contributed by atoms with E-state index in [-0.39, 0.29) is 0 Å². The van der Waals surface area contributed by atoms with Gasteiger partial charge in [0.1, 0.15) is 17.5 Å². The molecule has 0 bridgehead atoms. The fraction of sp³-hybridized carbons (Fsp3) is 0. The van der Waals surface area contributed by atoms with Crippen molar-refractivity contribution in [1.29, 1.82) is 0 Å². The number of nitrogens with zero attached hydrogens (tertiary/aromatic N) is 3. The van der Waals surface area contributed by atoms with Gasteiger partial charge in [0.2, 0.25) is 0 Å². The molecule has 0 fully saturated rings. The molecule has 2 heterocycles. The molecule has 0 atom stereocenters. The molecular formula is C39H23F2N3. The van der Waals surface area contributed by atoms with Crippen LogP contribution >= 0.6 is 0 Å². The molecule has 7 aromatic carbocycles. The summed E-state index contributed by atoms with van der Waals surface area (Å²) in [7, 11) is 0. The van der Waals surface area contributed by atoms with Crippen molar-refractivity contribution in [3.63, 3.8) is 0 Å². The molecule has 0 saturated heterocycles. The van der Waals surface area contributed by atoms with Gasteiger partial charge >= 0.3 is 0 Å². The van der Waals surface area contributed by atoms with E-state index in [1.807, 2.05) is 47.0 Å². The van der Waals surface area contributed by atoms with Crippen molar-refractivity contribution in [2.75, 3.05) is 0 Å². The van der Waals surface area contributed by atoms with Gasteiger partial charge in [-0.1, -0.05) is 84.9 Å². The van der Waals surface area contributed by atoms with Crippen LogP contribution in [0.5, 0.6) is 0 Å². The number of aromatic nitrogens is 3. The molecule has 44 heavy (non-hydrogen) atoms. The Kier molecular flexibility index (Phi) is 5.26. The van der Waals surface area contributed by atoms with Crippen molar-refractivity contribution in [3.05, 3.63) is 151 Å². The zero-order valence-corrected chi connectivity index (χ0v) is 23.4. The van der Waals surface area contributed by atoms with Crippen molar-refractivity contribution in [1.82, 2.24) is 14.1 Å². The monoisotopic (exact) mass is 571 g/mol. The molecule has 9 aromatic rings. The summed E-state index contributed by atoms with van der Waals surface area (Å²) >= 11 is 0. The van der Waals surface area contributed by atoms with Gasteiger partial charge in [-0.3, -0.25) is 4.57 Å². The van der Waals surface area contributed by atoms with E-state index in [2.05, 4.69) is 83.4 Å². The number of hydrogen-bond acceptors (Lipinski definition) is 1. The van der Waals surface area contributed by atoms with Gasteiger partial charge in [-0.15, -0.1) is 0 Å². The largest absolute Gasteiger partial charge is 0.309 e. The second kappa shape index (κ2) is 9.35. The molecule has 0 radical (unpaired) electrons. The van der Waals surface area contributed by atoms with Crippen molar-refractivity contribution in [3.8, 4) is 22.8 Å². The minimum atomic E-state index is -0.639. The number of benzene rings is 7. The predicted molar refractivity (Wildman–Crippen MR) is 176 cm³/mol. The van der Waals surface area contributed by atoms with Gasteiger partial charge in [0.15, 0.2) is 0 Å². The number of hydrogen-bond donors (Lipinski definition) is 0. The second-order valence-corrected chi connectivity index (χ2v) is 11.1. The highest BCUT2D eigenvalue weighted by molar-refractivity contribution is 6.24. The average Bonchev–Trinajstić information content (AvgIpc) is 3.62. The van der Waals surface area contributed by atoms with Gasteiger partial charge in [-0.25, -0.2) is 13.8 Å². The topological polar surface area (TPSA) is 22.8 Å². The number of fused-ring (bicyclic) bond motifs is 9. The normalized spacial score (nSPS) is 11.9. The molecule has 0 N–H and O–H groups in total. The van der Waals surface area contributed by atoms with Gasteiger partial charge in [0, 0.05) is 38.9 Å². The van der Waals surface area contributed by atoms with Gasteiger partial charge in [0.05, 0.1) is 27.8 Å². The van der Waals surface area contributed by atoms with E-state index in [4.69, 9.17) is 4.98 Å². The van der Waals surface area contributed by atoms with Crippen LogP contribution in [-0.2, 0) is 0 Å². The third-order valence-corrected chi connectivity index (χ3v) is 8.60. The van der Waals surface area contributed by atoms with Gasteiger partial charge in [0.25, 0.3) is 0 Å². The number of rotatable bonds is 3. The molecule has 5 heteroatoms. The Morgan fingerprint density at radius 3 is 1.55 bits per heavy atom. The van der Waals surface area contributed by atoms with Crippen LogP contribution in [0.3, 0.4) is 0 Å². The highest BCUT2D eigenvalue weighted by Gasteiger charge is 2.21. The van der Waals surface area contributed by atoms with Gasteiger partial charge in [-0.2, -0.15) is 0 Å². The van der Waals surface area contributed by atoms with Crippen LogP contribution in [0.25, 0.3) is 77.1 Å². The maximum absolute atomic E-state index is 14.7. The maximum Gasteiger partial charge on any atom is 0.145 e. The molecule has 0 aliphatic heterocycles. The lowest BCUT2D eigenvalue weighted by Gasteiger charge is -2.13. The summed E-state index contributed by atoms with van der Waals surface area (Å²) in [4.78, 5) is 5.20. The summed E-state index contributed by atoms with van der Waals surface area (Å²) in [6.45, 7) is 0. The summed E-state index contributed by atoms with van der Waals surface area (Å²) in [6, 6.07) is 45.0. The molecule has 2 aromatic heterocycles. The highest BCUT2D eigenvalue weighted by atomic mass is 19.1. The fourth-order valence-corrected chi connectivity index (χ4v) is 6.78. The first-order valence-corrected chi connectivity index (χ1v) is 14.5. The van der Waals surface area contributed by atoms with Crippen molar-refractivity contribution >= 4 is 54.4 Å². The van der Waals surface area contributed by atoms with Crippen LogP contribution in [0.15, 0.2) is 140 Å². The average molecular weight is 572 g/mol. The van der Waals surface area contributed by atoms with Crippen LogP contribution in [-0.4, -0.2) is 14.1 Å². The van der Waals surface area contributed by atoms with Crippen LogP contribution in [0.1, 0.15) is 0 Å².